The van der Waals surface area contributed by atoms with Gasteiger partial charge in [-0.05, 0) is 26.8 Å². The van der Waals surface area contributed by atoms with Gasteiger partial charge in [0, 0.05) is 10.9 Å². The lowest BCUT2D eigenvalue weighted by molar-refractivity contribution is 0.0526. The zero-order valence-electron chi connectivity index (χ0n) is 9.94. The predicted molar refractivity (Wildman–Crippen MR) is 65.2 cm³/mol. The molecule has 0 saturated heterocycles. The van der Waals surface area contributed by atoms with Crippen molar-refractivity contribution in [3.05, 3.63) is 28.0 Å². The van der Waals surface area contributed by atoms with Crippen LogP contribution in [-0.4, -0.2) is 17.6 Å². The number of aromatic nitrogens is 1. The number of ether oxygens (including phenoxy) is 1. The van der Waals surface area contributed by atoms with Crippen molar-refractivity contribution in [2.24, 2.45) is 0 Å². The molecular weight excluding hydrogens is 238 g/mol. The monoisotopic (exact) mass is 251 g/mol. The molecule has 5 heteroatoms. The van der Waals surface area contributed by atoms with Gasteiger partial charge in [-0.1, -0.05) is 0 Å². The van der Waals surface area contributed by atoms with Gasteiger partial charge in [0.1, 0.15) is 11.5 Å². The summed E-state index contributed by atoms with van der Waals surface area (Å²) in [6, 6.07) is 1.92. The summed E-state index contributed by atoms with van der Waals surface area (Å²) < 4.78 is 10.3. The number of hydrogen-bond donors (Lipinski definition) is 0. The molecule has 2 aromatic heterocycles. The number of thiazole rings is 1. The number of furan rings is 1. The molecule has 0 bridgehead atoms. The molecule has 0 aliphatic rings. The van der Waals surface area contributed by atoms with E-state index in [1.807, 2.05) is 25.3 Å². The van der Waals surface area contributed by atoms with Crippen molar-refractivity contribution in [3.63, 3.8) is 0 Å². The molecule has 0 saturated carbocycles. The van der Waals surface area contributed by atoms with E-state index in [-0.39, 0.29) is 5.97 Å². The molecule has 0 unspecified atom stereocenters. The first-order valence-electron chi connectivity index (χ1n) is 5.32. The quantitative estimate of drug-likeness (QED) is 0.786. The standard InChI is InChI=1S/C12H13NO3S/c1-4-15-12(14)11-13-10(6-17-11)9-5-7(2)16-8(9)3/h5-6H,4H2,1-3H3. The topological polar surface area (TPSA) is 52.3 Å². The Morgan fingerprint density at radius 2 is 2.29 bits per heavy atom. The summed E-state index contributed by atoms with van der Waals surface area (Å²) >= 11 is 1.28. The van der Waals surface area contributed by atoms with Crippen molar-refractivity contribution in [3.8, 4) is 11.3 Å². The average Bonchev–Trinajstić information content (AvgIpc) is 2.85. The molecule has 0 N–H and O–H groups in total. The van der Waals surface area contributed by atoms with Gasteiger partial charge >= 0.3 is 5.97 Å². The number of nitrogens with zero attached hydrogens (tertiary/aromatic N) is 1. The molecule has 2 rings (SSSR count). The van der Waals surface area contributed by atoms with E-state index in [0.29, 0.717) is 11.6 Å². The van der Waals surface area contributed by atoms with Gasteiger partial charge in [-0.15, -0.1) is 11.3 Å². The van der Waals surface area contributed by atoms with Crippen LogP contribution in [0.15, 0.2) is 15.9 Å². The summed E-state index contributed by atoms with van der Waals surface area (Å²) in [5.41, 5.74) is 1.68. The maximum absolute atomic E-state index is 11.5. The smallest absolute Gasteiger partial charge is 0.367 e. The molecule has 4 nitrogen and oxygen atoms in total. The van der Waals surface area contributed by atoms with Gasteiger partial charge in [0.25, 0.3) is 0 Å². The highest BCUT2D eigenvalue weighted by molar-refractivity contribution is 7.11. The number of hydrogen-bond acceptors (Lipinski definition) is 5. The van der Waals surface area contributed by atoms with Crippen molar-refractivity contribution in [1.82, 2.24) is 4.98 Å². The fourth-order valence-electron chi connectivity index (χ4n) is 1.57. The molecule has 0 amide bonds. The lowest BCUT2D eigenvalue weighted by Gasteiger charge is -1.96. The third-order valence-electron chi connectivity index (χ3n) is 2.27. The van der Waals surface area contributed by atoms with E-state index in [0.717, 1.165) is 22.8 Å². The lowest BCUT2D eigenvalue weighted by Crippen LogP contribution is -2.03. The van der Waals surface area contributed by atoms with Crippen LogP contribution in [0.3, 0.4) is 0 Å². The van der Waals surface area contributed by atoms with E-state index in [1.54, 1.807) is 6.92 Å². The van der Waals surface area contributed by atoms with E-state index >= 15 is 0 Å². The second-order valence-corrected chi connectivity index (χ2v) is 4.44. The van der Waals surface area contributed by atoms with E-state index in [1.165, 1.54) is 11.3 Å². The molecule has 0 aliphatic heterocycles. The maximum Gasteiger partial charge on any atom is 0.367 e. The van der Waals surface area contributed by atoms with Crippen LogP contribution in [0.25, 0.3) is 11.3 Å². The Labute approximate surface area is 103 Å². The number of carbonyl (C=O) groups is 1. The molecular formula is C12H13NO3S. The van der Waals surface area contributed by atoms with Crippen molar-refractivity contribution in [1.29, 1.82) is 0 Å². The van der Waals surface area contributed by atoms with Crippen molar-refractivity contribution in [2.75, 3.05) is 6.61 Å². The van der Waals surface area contributed by atoms with Gasteiger partial charge in [-0.25, -0.2) is 9.78 Å². The largest absolute Gasteiger partial charge is 0.466 e. The Kier molecular flexibility index (Phi) is 3.28. The Hall–Kier alpha value is -1.62. The van der Waals surface area contributed by atoms with E-state index in [9.17, 15) is 4.79 Å². The normalized spacial score (nSPS) is 10.5. The second-order valence-electron chi connectivity index (χ2n) is 3.59. The minimum atomic E-state index is -0.374. The first-order chi connectivity index (χ1) is 8.11. The highest BCUT2D eigenvalue weighted by Crippen LogP contribution is 2.27. The van der Waals surface area contributed by atoms with Gasteiger partial charge < -0.3 is 9.15 Å². The fraction of sp³-hybridized carbons (Fsp3) is 0.333. The average molecular weight is 251 g/mol. The van der Waals surface area contributed by atoms with Crippen LogP contribution in [0.2, 0.25) is 0 Å². The van der Waals surface area contributed by atoms with E-state index in [2.05, 4.69) is 4.98 Å². The molecule has 90 valence electrons. The van der Waals surface area contributed by atoms with Crippen LogP contribution in [0.4, 0.5) is 0 Å². The van der Waals surface area contributed by atoms with Crippen LogP contribution >= 0.6 is 11.3 Å². The minimum absolute atomic E-state index is 0.359. The highest BCUT2D eigenvalue weighted by Gasteiger charge is 2.15. The van der Waals surface area contributed by atoms with Crippen LogP contribution < -0.4 is 0 Å². The molecule has 0 spiro atoms. The first-order valence-corrected chi connectivity index (χ1v) is 6.19. The second kappa shape index (κ2) is 4.71. The van der Waals surface area contributed by atoms with Gasteiger partial charge in [0.15, 0.2) is 0 Å². The van der Waals surface area contributed by atoms with E-state index in [4.69, 9.17) is 9.15 Å². The molecule has 17 heavy (non-hydrogen) atoms. The molecule has 0 radical (unpaired) electrons. The number of carbonyl (C=O) groups excluding carboxylic acids is 1. The van der Waals surface area contributed by atoms with Crippen molar-refractivity contribution < 1.29 is 13.9 Å². The van der Waals surface area contributed by atoms with Crippen molar-refractivity contribution in [2.45, 2.75) is 20.8 Å². The Bertz CT molecular complexity index is 542. The highest BCUT2D eigenvalue weighted by atomic mass is 32.1. The van der Waals surface area contributed by atoms with Crippen LogP contribution in [0, 0.1) is 13.8 Å². The summed E-state index contributed by atoms with van der Waals surface area (Å²) in [4.78, 5) is 15.7. The molecule has 2 aromatic rings. The zero-order chi connectivity index (χ0) is 12.4. The van der Waals surface area contributed by atoms with Gasteiger partial charge in [-0.2, -0.15) is 0 Å². The predicted octanol–water partition coefficient (Wildman–Crippen LogP) is 3.20. The fourth-order valence-corrected chi connectivity index (χ4v) is 2.28. The summed E-state index contributed by atoms with van der Waals surface area (Å²) in [6.07, 6.45) is 0. The number of rotatable bonds is 3. The molecule has 0 aliphatic carbocycles. The minimum Gasteiger partial charge on any atom is -0.466 e. The van der Waals surface area contributed by atoms with E-state index < -0.39 is 0 Å². The summed E-state index contributed by atoms with van der Waals surface area (Å²) in [6.45, 7) is 5.90. The summed E-state index contributed by atoms with van der Waals surface area (Å²) in [5, 5.41) is 2.21. The number of aryl methyl sites for hydroxylation is 2. The maximum atomic E-state index is 11.5. The Morgan fingerprint density at radius 1 is 1.53 bits per heavy atom. The van der Waals surface area contributed by atoms with Gasteiger partial charge in [0.05, 0.1) is 12.3 Å². The Morgan fingerprint density at radius 3 is 2.88 bits per heavy atom. The van der Waals surface area contributed by atoms with Crippen molar-refractivity contribution >= 4 is 17.3 Å². The third-order valence-corrected chi connectivity index (χ3v) is 3.09. The molecule has 0 aromatic carbocycles. The van der Waals surface area contributed by atoms with Crippen LogP contribution in [0.1, 0.15) is 28.2 Å². The summed E-state index contributed by atoms with van der Waals surface area (Å²) in [5.74, 6) is 1.27. The summed E-state index contributed by atoms with van der Waals surface area (Å²) in [7, 11) is 0. The van der Waals surface area contributed by atoms with Gasteiger partial charge in [0.2, 0.25) is 5.01 Å². The molecule has 0 fully saturated rings. The SMILES string of the molecule is CCOC(=O)c1nc(-c2cc(C)oc2C)cs1. The van der Waals surface area contributed by atoms with Gasteiger partial charge in [-0.3, -0.25) is 0 Å². The van der Waals surface area contributed by atoms with Crippen LogP contribution in [0.5, 0.6) is 0 Å². The lowest BCUT2D eigenvalue weighted by atomic mass is 10.2. The van der Waals surface area contributed by atoms with Crippen LogP contribution in [-0.2, 0) is 4.74 Å². The first kappa shape index (κ1) is 11.9. The Balaban J connectivity index is 2.30. The zero-order valence-corrected chi connectivity index (χ0v) is 10.8. The number of esters is 1. The molecule has 2 heterocycles. The molecule has 0 atom stereocenters. The third kappa shape index (κ3) is 2.39.